The SMILES string of the molecule is CC(C)C(=O)N(C1CC1)C1CC(C(=O)N2CCNCC2)N(C(=O)C2CC2)C1. The minimum absolute atomic E-state index is 0.0213. The van der Waals surface area contributed by atoms with Crippen LogP contribution < -0.4 is 5.32 Å². The van der Waals surface area contributed by atoms with E-state index in [0.717, 1.165) is 38.8 Å². The van der Waals surface area contributed by atoms with Gasteiger partial charge in [-0.15, -0.1) is 0 Å². The van der Waals surface area contributed by atoms with Gasteiger partial charge in [-0.2, -0.15) is 0 Å². The second-order valence-corrected chi connectivity index (χ2v) is 8.88. The maximum Gasteiger partial charge on any atom is 0.245 e. The summed E-state index contributed by atoms with van der Waals surface area (Å²) in [5, 5.41) is 3.27. The van der Waals surface area contributed by atoms with Crippen LogP contribution in [0.5, 0.6) is 0 Å². The van der Waals surface area contributed by atoms with Crippen molar-refractivity contribution < 1.29 is 14.4 Å². The number of hydrogen-bond donors (Lipinski definition) is 1. The fourth-order valence-electron chi connectivity index (χ4n) is 4.46. The van der Waals surface area contributed by atoms with Gasteiger partial charge in [-0.05, 0) is 32.1 Å². The first-order valence-corrected chi connectivity index (χ1v) is 10.6. The Morgan fingerprint density at radius 3 is 2.19 bits per heavy atom. The van der Waals surface area contributed by atoms with Crippen molar-refractivity contribution in [2.24, 2.45) is 11.8 Å². The van der Waals surface area contributed by atoms with E-state index in [1.54, 1.807) is 0 Å². The third-order valence-electron chi connectivity index (χ3n) is 6.28. The summed E-state index contributed by atoms with van der Waals surface area (Å²) < 4.78 is 0. The Morgan fingerprint density at radius 1 is 0.963 bits per heavy atom. The van der Waals surface area contributed by atoms with Crippen molar-refractivity contribution in [1.29, 1.82) is 0 Å². The molecule has 4 fully saturated rings. The summed E-state index contributed by atoms with van der Waals surface area (Å²) in [6.07, 6.45) is 4.55. The molecule has 0 aromatic carbocycles. The highest BCUT2D eigenvalue weighted by Gasteiger charge is 2.49. The molecular formula is C20H32N4O3. The first-order valence-electron chi connectivity index (χ1n) is 10.6. The number of hydrogen-bond acceptors (Lipinski definition) is 4. The third kappa shape index (κ3) is 3.84. The molecule has 150 valence electrons. The second-order valence-electron chi connectivity index (χ2n) is 8.88. The van der Waals surface area contributed by atoms with E-state index in [9.17, 15) is 14.4 Å². The zero-order valence-electron chi connectivity index (χ0n) is 16.5. The molecule has 7 heteroatoms. The number of nitrogens with zero attached hydrogens (tertiary/aromatic N) is 3. The lowest BCUT2D eigenvalue weighted by Gasteiger charge is -2.32. The van der Waals surface area contributed by atoms with E-state index in [2.05, 4.69) is 5.32 Å². The highest BCUT2D eigenvalue weighted by Crippen LogP contribution is 2.38. The Kier molecular flexibility index (Phi) is 5.14. The zero-order chi connectivity index (χ0) is 19.1. The van der Waals surface area contributed by atoms with Crippen LogP contribution in [0.1, 0.15) is 46.0 Å². The quantitative estimate of drug-likeness (QED) is 0.756. The van der Waals surface area contributed by atoms with Crippen LogP contribution in [0.2, 0.25) is 0 Å². The molecule has 0 spiro atoms. The fraction of sp³-hybridized carbons (Fsp3) is 0.850. The number of rotatable bonds is 5. The Labute approximate surface area is 161 Å². The van der Waals surface area contributed by atoms with Gasteiger partial charge >= 0.3 is 0 Å². The van der Waals surface area contributed by atoms with E-state index < -0.39 is 6.04 Å². The van der Waals surface area contributed by atoms with Gasteiger partial charge in [-0.3, -0.25) is 14.4 Å². The van der Waals surface area contributed by atoms with Crippen LogP contribution in [0.4, 0.5) is 0 Å². The smallest absolute Gasteiger partial charge is 0.245 e. The molecule has 27 heavy (non-hydrogen) atoms. The van der Waals surface area contributed by atoms with Crippen molar-refractivity contribution in [2.75, 3.05) is 32.7 Å². The molecule has 1 N–H and O–H groups in total. The lowest BCUT2D eigenvalue weighted by Crippen LogP contribution is -2.53. The van der Waals surface area contributed by atoms with Crippen molar-refractivity contribution in [1.82, 2.24) is 20.0 Å². The maximum absolute atomic E-state index is 13.2. The second kappa shape index (κ2) is 7.41. The van der Waals surface area contributed by atoms with E-state index >= 15 is 0 Å². The fourth-order valence-corrected chi connectivity index (χ4v) is 4.46. The molecule has 3 amide bonds. The van der Waals surface area contributed by atoms with E-state index in [1.165, 1.54) is 0 Å². The molecular weight excluding hydrogens is 344 g/mol. The third-order valence-corrected chi connectivity index (χ3v) is 6.28. The van der Waals surface area contributed by atoms with Crippen molar-refractivity contribution >= 4 is 17.7 Å². The summed E-state index contributed by atoms with van der Waals surface area (Å²) in [6, 6.07) is -0.120. The maximum atomic E-state index is 13.2. The topological polar surface area (TPSA) is 73.0 Å². The van der Waals surface area contributed by atoms with Crippen LogP contribution >= 0.6 is 0 Å². The molecule has 4 aliphatic rings. The Bertz CT molecular complexity index is 608. The van der Waals surface area contributed by atoms with Gasteiger partial charge in [0.2, 0.25) is 17.7 Å². The molecule has 2 saturated heterocycles. The van der Waals surface area contributed by atoms with Crippen LogP contribution in [0.25, 0.3) is 0 Å². The number of piperazine rings is 1. The standard InChI is InChI=1S/C20H32N4O3/c1-13(2)18(25)24(15-5-6-15)16-11-17(20(27)22-9-7-21-8-10-22)23(12-16)19(26)14-3-4-14/h13-17,21H,3-12H2,1-2H3. The molecule has 2 atom stereocenters. The lowest BCUT2D eigenvalue weighted by atomic mass is 10.1. The normalized spacial score (nSPS) is 28.6. The molecule has 0 aromatic heterocycles. The zero-order valence-corrected chi connectivity index (χ0v) is 16.5. The van der Waals surface area contributed by atoms with Crippen molar-refractivity contribution in [3.63, 3.8) is 0 Å². The summed E-state index contributed by atoms with van der Waals surface area (Å²) in [7, 11) is 0. The Hall–Kier alpha value is -1.63. The van der Waals surface area contributed by atoms with E-state index in [1.807, 2.05) is 28.5 Å². The predicted octanol–water partition coefficient (Wildman–Crippen LogP) is 0.445. The summed E-state index contributed by atoms with van der Waals surface area (Å²) in [5.41, 5.74) is 0. The minimum Gasteiger partial charge on any atom is -0.338 e. The van der Waals surface area contributed by atoms with E-state index in [-0.39, 0.29) is 35.6 Å². The summed E-state index contributed by atoms with van der Waals surface area (Å²) >= 11 is 0. The number of likely N-dealkylation sites (tertiary alicyclic amines) is 1. The molecule has 0 radical (unpaired) electrons. The molecule has 2 saturated carbocycles. The van der Waals surface area contributed by atoms with Gasteiger partial charge in [0.25, 0.3) is 0 Å². The van der Waals surface area contributed by atoms with Gasteiger partial charge in [-0.1, -0.05) is 13.8 Å². The first-order chi connectivity index (χ1) is 13.0. The van der Waals surface area contributed by atoms with Crippen molar-refractivity contribution in [2.45, 2.75) is 64.1 Å². The average Bonchev–Trinajstić information content (AvgIpc) is 3.59. The van der Waals surface area contributed by atoms with Gasteiger partial charge in [-0.25, -0.2) is 0 Å². The Balaban J connectivity index is 1.53. The van der Waals surface area contributed by atoms with Gasteiger partial charge in [0.1, 0.15) is 6.04 Å². The highest BCUT2D eigenvalue weighted by atomic mass is 16.2. The van der Waals surface area contributed by atoms with E-state index in [4.69, 9.17) is 0 Å². The monoisotopic (exact) mass is 376 g/mol. The summed E-state index contributed by atoms with van der Waals surface area (Å²) in [4.78, 5) is 44.7. The van der Waals surface area contributed by atoms with Gasteiger partial charge in [0.05, 0.1) is 6.04 Å². The number of amides is 3. The molecule has 4 rings (SSSR count). The molecule has 0 bridgehead atoms. The lowest BCUT2D eigenvalue weighted by molar-refractivity contribution is -0.144. The molecule has 0 aromatic rings. The van der Waals surface area contributed by atoms with Crippen molar-refractivity contribution in [3.05, 3.63) is 0 Å². The molecule has 2 heterocycles. The van der Waals surface area contributed by atoms with E-state index in [0.29, 0.717) is 32.1 Å². The first kappa shape index (κ1) is 18.7. The minimum atomic E-state index is -0.401. The van der Waals surface area contributed by atoms with Crippen LogP contribution in [-0.2, 0) is 14.4 Å². The summed E-state index contributed by atoms with van der Waals surface area (Å²) in [5.74, 6) is 0.398. The number of carbonyl (C=O) groups is 3. The molecule has 2 unspecified atom stereocenters. The van der Waals surface area contributed by atoms with Gasteiger partial charge in [0.15, 0.2) is 0 Å². The number of nitrogens with one attached hydrogen (secondary N) is 1. The van der Waals surface area contributed by atoms with Crippen LogP contribution in [0.3, 0.4) is 0 Å². The van der Waals surface area contributed by atoms with Gasteiger partial charge < -0.3 is 20.0 Å². The largest absolute Gasteiger partial charge is 0.338 e. The van der Waals surface area contributed by atoms with Crippen LogP contribution in [-0.4, -0.2) is 83.3 Å². The average molecular weight is 377 g/mol. The molecule has 2 aliphatic carbocycles. The van der Waals surface area contributed by atoms with Crippen molar-refractivity contribution in [3.8, 4) is 0 Å². The van der Waals surface area contributed by atoms with Crippen LogP contribution in [0.15, 0.2) is 0 Å². The highest BCUT2D eigenvalue weighted by molar-refractivity contribution is 5.90. The van der Waals surface area contributed by atoms with Gasteiger partial charge in [0, 0.05) is 50.6 Å². The number of carbonyl (C=O) groups excluding carboxylic acids is 3. The Morgan fingerprint density at radius 2 is 1.63 bits per heavy atom. The summed E-state index contributed by atoms with van der Waals surface area (Å²) in [6.45, 7) is 7.39. The van der Waals surface area contributed by atoms with Crippen LogP contribution in [0, 0.1) is 11.8 Å². The molecule has 7 nitrogen and oxygen atoms in total. The molecule has 2 aliphatic heterocycles. The predicted molar refractivity (Wildman–Crippen MR) is 101 cm³/mol.